The molecule has 0 saturated heterocycles. The minimum Gasteiger partial charge on any atom is -0.504 e. The zero-order valence-corrected chi connectivity index (χ0v) is 3.48. The van der Waals surface area contributed by atoms with E-state index < -0.39 is 5.82 Å². The molecular weight excluding hydrogens is 97.0 g/mol. The molecule has 0 radical (unpaired) electrons. The number of aromatic amines is 1. The summed E-state index contributed by atoms with van der Waals surface area (Å²) in [5, 5.41) is 8.35. The smallest absolute Gasteiger partial charge is 0.182 e. The van der Waals surface area contributed by atoms with Crippen LogP contribution in [0.25, 0.3) is 0 Å². The lowest BCUT2D eigenvalue weighted by atomic mass is 10.6. The second kappa shape index (κ2) is 1.26. The third-order valence-corrected chi connectivity index (χ3v) is 0.675. The summed E-state index contributed by atoms with van der Waals surface area (Å²) in [6.07, 6.45) is 2.25. The highest BCUT2D eigenvalue weighted by Crippen LogP contribution is 2.10. The molecule has 2 nitrogen and oxygen atoms in total. The molecule has 3 heteroatoms. The van der Waals surface area contributed by atoms with Crippen LogP contribution in [0.3, 0.4) is 0 Å². The Bertz CT molecular complexity index is 144. The summed E-state index contributed by atoms with van der Waals surface area (Å²) >= 11 is 0. The van der Waals surface area contributed by atoms with Crippen molar-refractivity contribution in [1.29, 1.82) is 0 Å². The van der Waals surface area contributed by atoms with E-state index in [1.807, 2.05) is 0 Å². The van der Waals surface area contributed by atoms with E-state index in [4.69, 9.17) is 5.11 Å². The predicted octanol–water partition coefficient (Wildman–Crippen LogP) is 0.859. The maximum Gasteiger partial charge on any atom is 0.182 e. The number of aromatic nitrogens is 1. The molecule has 38 valence electrons. The number of rotatable bonds is 0. The van der Waals surface area contributed by atoms with Gasteiger partial charge in [0, 0.05) is 12.4 Å². The van der Waals surface area contributed by atoms with E-state index in [2.05, 4.69) is 4.98 Å². The van der Waals surface area contributed by atoms with Crippen LogP contribution in [-0.2, 0) is 0 Å². The summed E-state index contributed by atoms with van der Waals surface area (Å²) in [5.74, 6) is -0.944. The molecule has 1 heterocycles. The van der Waals surface area contributed by atoms with Gasteiger partial charge in [0.05, 0.1) is 0 Å². The fourth-order valence-electron chi connectivity index (χ4n) is 0.337. The Morgan fingerprint density at radius 1 is 1.57 bits per heavy atom. The largest absolute Gasteiger partial charge is 0.504 e. The van der Waals surface area contributed by atoms with Crippen LogP contribution in [0.4, 0.5) is 4.39 Å². The van der Waals surface area contributed by atoms with E-state index in [9.17, 15) is 4.39 Å². The molecule has 7 heavy (non-hydrogen) atoms. The number of hydrogen-bond donors (Lipinski definition) is 2. The van der Waals surface area contributed by atoms with Gasteiger partial charge in [-0.1, -0.05) is 0 Å². The summed E-state index contributed by atoms with van der Waals surface area (Å²) in [5.41, 5.74) is 0. The number of H-pyrrole nitrogens is 1. The van der Waals surface area contributed by atoms with Crippen molar-refractivity contribution in [2.75, 3.05) is 0 Å². The van der Waals surface area contributed by atoms with Gasteiger partial charge in [0.1, 0.15) is 0 Å². The predicted molar refractivity (Wildman–Crippen MR) is 22.4 cm³/mol. The fourth-order valence-corrected chi connectivity index (χ4v) is 0.337. The van der Waals surface area contributed by atoms with Crippen molar-refractivity contribution in [3.05, 3.63) is 18.2 Å². The highest BCUT2D eigenvalue weighted by atomic mass is 19.1. The Morgan fingerprint density at radius 3 is 2.43 bits per heavy atom. The van der Waals surface area contributed by atoms with Crippen LogP contribution < -0.4 is 0 Å². The molecule has 1 aromatic rings. The maximum atomic E-state index is 11.8. The van der Waals surface area contributed by atoms with Crippen LogP contribution in [0.15, 0.2) is 12.4 Å². The third-order valence-electron chi connectivity index (χ3n) is 0.675. The lowest BCUT2D eigenvalue weighted by Crippen LogP contribution is -1.58. The molecule has 0 saturated carbocycles. The van der Waals surface area contributed by atoms with E-state index in [1.165, 1.54) is 6.20 Å². The van der Waals surface area contributed by atoms with E-state index in [0.29, 0.717) is 0 Å². The molecule has 1 rings (SSSR count). The molecule has 0 aliphatic carbocycles. The SMILES string of the molecule is Oc1c[nH]cc1F. The fraction of sp³-hybridized carbons (Fsp3) is 0. The Morgan fingerprint density at radius 2 is 2.29 bits per heavy atom. The number of hydrogen-bond acceptors (Lipinski definition) is 1. The average Bonchev–Trinajstić information content (AvgIpc) is 1.91. The van der Waals surface area contributed by atoms with Crippen molar-refractivity contribution in [1.82, 2.24) is 4.98 Å². The summed E-state index contributed by atoms with van der Waals surface area (Å²) in [6, 6.07) is 0. The van der Waals surface area contributed by atoms with Gasteiger partial charge in [0.25, 0.3) is 0 Å². The molecule has 0 aromatic carbocycles. The molecule has 1 aromatic heterocycles. The molecule has 0 unspecified atom stereocenters. The second-order valence-electron chi connectivity index (χ2n) is 1.19. The Labute approximate surface area is 39.6 Å². The molecule has 0 bridgehead atoms. The van der Waals surface area contributed by atoms with Crippen LogP contribution in [0, 0.1) is 5.82 Å². The van der Waals surface area contributed by atoms with Crippen LogP contribution in [0.1, 0.15) is 0 Å². The van der Waals surface area contributed by atoms with Crippen molar-refractivity contribution in [2.45, 2.75) is 0 Å². The first-order valence-corrected chi connectivity index (χ1v) is 1.82. The Kier molecular flexibility index (Phi) is 0.749. The summed E-state index contributed by atoms with van der Waals surface area (Å²) < 4.78 is 11.8. The first kappa shape index (κ1) is 4.18. The van der Waals surface area contributed by atoms with Crippen molar-refractivity contribution < 1.29 is 9.50 Å². The van der Waals surface area contributed by atoms with Crippen LogP contribution in [-0.4, -0.2) is 10.1 Å². The number of halogens is 1. The van der Waals surface area contributed by atoms with Gasteiger partial charge >= 0.3 is 0 Å². The summed E-state index contributed by atoms with van der Waals surface area (Å²) in [6.45, 7) is 0. The van der Waals surface area contributed by atoms with E-state index in [0.717, 1.165) is 6.20 Å². The normalized spacial score (nSPS) is 9.29. The second-order valence-corrected chi connectivity index (χ2v) is 1.19. The zero-order chi connectivity index (χ0) is 5.28. The highest BCUT2D eigenvalue weighted by molar-refractivity contribution is 5.15. The zero-order valence-electron chi connectivity index (χ0n) is 3.48. The molecular formula is C4H4FNO. The van der Waals surface area contributed by atoms with Gasteiger partial charge in [-0.15, -0.1) is 0 Å². The maximum absolute atomic E-state index is 11.8. The Balaban J connectivity index is 3.12. The quantitative estimate of drug-likeness (QED) is 0.499. The van der Waals surface area contributed by atoms with Gasteiger partial charge < -0.3 is 10.1 Å². The minimum absolute atomic E-state index is 0.333. The van der Waals surface area contributed by atoms with Crippen molar-refractivity contribution in [2.24, 2.45) is 0 Å². The highest BCUT2D eigenvalue weighted by Gasteiger charge is 1.94. The van der Waals surface area contributed by atoms with Gasteiger partial charge in [-0.3, -0.25) is 0 Å². The first-order valence-electron chi connectivity index (χ1n) is 1.82. The van der Waals surface area contributed by atoms with Gasteiger partial charge in [0.2, 0.25) is 0 Å². The number of aromatic hydroxyl groups is 1. The third kappa shape index (κ3) is 0.559. The monoisotopic (exact) mass is 101 g/mol. The van der Waals surface area contributed by atoms with Crippen molar-refractivity contribution in [3.8, 4) is 5.75 Å². The van der Waals surface area contributed by atoms with E-state index >= 15 is 0 Å². The molecule has 2 N–H and O–H groups in total. The molecule has 0 aliphatic heterocycles. The van der Waals surface area contributed by atoms with Crippen molar-refractivity contribution >= 4 is 0 Å². The summed E-state index contributed by atoms with van der Waals surface area (Å²) in [7, 11) is 0. The molecule has 0 spiro atoms. The van der Waals surface area contributed by atoms with Crippen LogP contribution in [0.5, 0.6) is 5.75 Å². The Hall–Kier alpha value is -0.990. The molecule has 0 aliphatic rings. The van der Waals surface area contributed by atoms with Gasteiger partial charge in [-0.2, -0.15) is 0 Å². The lowest BCUT2D eigenvalue weighted by molar-refractivity contribution is 0.436. The standard InChI is InChI=1S/C4H4FNO/c5-3-1-6-2-4(3)7/h1-2,6-7H. The van der Waals surface area contributed by atoms with Crippen molar-refractivity contribution in [3.63, 3.8) is 0 Å². The van der Waals surface area contributed by atoms with Gasteiger partial charge in [-0.25, -0.2) is 4.39 Å². The van der Waals surface area contributed by atoms with E-state index in [-0.39, 0.29) is 5.75 Å². The van der Waals surface area contributed by atoms with E-state index in [1.54, 1.807) is 0 Å². The van der Waals surface area contributed by atoms with Gasteiger partial charge in [-0.05, 0) is 0 Å². The topological polar surface area (TPSA) is 36.0 Å². The van der Waals surface area contributed by atoms with Crippen LogP contribution in [0.2, 0.25) is 0 Å². The molecule has 0 fully saturated rings. The lowest BCUT2D eigenvalue weighted by Gasteiger charge is -1.75. The minimum atomic E-state index is -0.611. The molecule has 0 atom stereocenters. The van der Waals surface area contributed by atoms with Gasteiger partial charge in [0.15, 0.2) is 11.6 Å². The van der Waals surface area contributed by atoms with Crippen LogP contribution >= 0.6 is 0 Å². The average molecular weight is 101 g/mol. The summed E-state index contributed by atoms with van der Waals surface area (Å²) in [4.78, 5) is 2.37. The number of nitrogens with one attached hydrogen (secondary N) is 1. The molecule has 0 amide bonds. The first-order chi connectivity index (χ1) is 3.30.